The van der Waals surface area contributed by atoms with Gasteiger partial charge in [0.05, 0.1) is 0 Å². The summed E-state index contributed by atoms with van der Waals surface area (Å²) in [5.41, 5.74) is 0. The molecular weight excluding hydrogens is 1370 g/mol. The van der Waals surface area contributed by atoms with E-state index in [-0.39, 0.29) is 242 Å². The summed E-state index contributed by atoms with van der Waals surface area (Å²) in [7, 11) is 3.23. The standard InChI is InChI=1S/C8H19P3.C5H12P2.C3H7P.3W.5Y/c1-6-11(4,5)8-10(3)7-9-2;1-4-7(3)5-6-2;1-3-4-2;;;;;;;;/h10H,2-4,6-8H2,1,5H3;7H,2-5H2,1H3;2-3H2,1H3;;;;;;;;. The molecule has 14 heteroatoms. The van der Waals surface area contributed by atoms with Gasteiger partial charge >= 0.3 is 0 Å². The van der Waals surface area contributed by atoms with E-state index in [2.05, 4.69) is 65.2 Å². The van der Waals surface area contributed by atoms with E-state index in [0.29, 0.717) is 0 Å². The fraction of sp³-hybridized carbons (Fsp3) is 0.625. The first-order valence-corrected chi connectivity index (χ1v) is 18.4. The minimum atomic E-state index is -0.809. The molecule has 0 bridgehead atoms. The van der Waals surface area contributed by atoms with Gasteiger partial charge in [0.2, 0.25) is 0 Å². The smallest absolute Gasteiger partial charge is 0.00628 e. The van der Waals surface area contributed by atoms with E-state index in [1.807, 2.05) is 0 Å². The zero-order valence-corrected chi connectivity index (χ0v) is 48.0. The number of rotatable bonds is 9. The molecule has 0 fully saturated rings. The summed E-state index contributed by atoms with van der Waals surface area (Å²) in [6.07, 6.45) is 27.4. The first-order valence-electron chi connectivity index (χ1n) is 7.54. The second-order valence-electron chi connectivity index (χ2n) is 5.25. The molecule has 0 nitrogen and oxygen atoms in total. The van der Waals surface area contributed by atoms with E-state index in [0.717, 1.165) is 0 Å². The molecule has 0 aromatic carbocycles. The van der Waals surface area contributed by atoms with Gasteiger partial charge < -0.3 is 0 Å². The van der Waals surface area contributed by atoms with Gasteiger partial charge in [-0.2, -0.15) is 0 Å². The minimum Gasteiger partial charge on any atom is -0.117 e. The van der Waals surface area contributed by atoms with Crippen LogP contribution in [0.3, 0.4) is 0 Å². The van der Waals surface area contributed by atoms with Crippen LogP contribution >= 0.6 is 46.6 Å². The SMILES string of the molecule is C=PCC.C=PC[PH](=C)CC.C=PC[PH](=C)CP(=C)(C)CC.[W].[W].[W].[Y].[Y].[Y].[Y].[Y]. The Morgan fingerprint density at radius 1 is 0.700 bits per heavy atom. The van der Waals surface area contributed by atoms with Crippen LogP contribution in [0.2, 0.25) is 0 Å². The molecule has 3 unspecified atom stereocenters. The number of hydrogen-bond donors (Lipinski definition) is 0. The fourth-order valence-electron chi connectivity index (χ4n) is 1.13. The average Bonchev–Trinajstić information content (AvgIpc) is 2.48. The molecule has 0 aliphatic carbocycles. The zero-order valence-electron chi connectivity index (χ0n) is 19.4. The Morgan fingerprint density at radius 3 is 1.17 bits per heavy atom. The van der Waals surface area contributed by atoms with E-state index >= 15 is 0 Å². The maximum absolute atomic E-state index is 4.28. The summed E-state index contributed by atoms with van der Waals surface area (Å²) >= 11 is 0. The molecule has 0 heterocycles. The third kappa shape index (κ3) is 70.9. The van der Waals surface area contributed by atoms with Crippen molar-refractivity contribution in [1.82, 2.24) is 0 Å². The predicted molar refractivity (Wildman–Crippen MR) is 139 cm³/mol. The molecule has 0 saturated heterocycles. The first kappa shape index (κ1) is 71.8. The molecule has 0 rings (SSSR count). The predicted octanol–water partition coefficient (Wildman–Crippen LogP) is 6.38. The third-order valence-electron chi connectivity index (χ3n) is 2.76. The van der Waals surface area contributed by atoms with Crippen LogP contribution in [0, 0.1) is 0 Å². The summed E-state index contributed by atoms with van der Waals surface area (Å²) < 4.78 is 0. The zero-order chi connectivity index (χ0) is 18.0. The summed E-state index contributed by atoms with van der Waals surface area (Å²) in [4.78, 5) is 0. The Labute approximate surface area is 366 Å². The first-order chi connectivity index (χ1) is 10.2. The molecule has 5 radical (unpaired) electrons. The Hall–Kier alpha value is 8.99. The molecule has 30 heavy (non-hydrogen) atoms. The third-order valence-corrected chi connectivity index (χ3v) is 15.9. The number of hydrogen-bond acceptors (Lipinski definition) is 0. The molecule has 3 atom stereocenters. The van der Waals surface area contributed by atoms with Crippen LogP contribution in [0.4, 0.5) is 0 Å². The molecule has 0 N–H and O–H groups in total. The molecular formula is C16H38P6W3Y5. The van der Waals surface area contributed by atoms with Crippen LogP contribution in [0.1, 0.15) is 20.8 Å². The molecule has 0 aliphatic heterocycles. The quantitative estimate of drug-likeness (QED) is 0.236. The van der Waals surface area contributed by atoms with Crippen LogP contribution in [-0.4, -0.2) is 80.7 Å². The summed E-state index contributed by atoms with van der Waals surface area (Å²) in [6.45, 7) is 8.08. The molecule has 0 saturated carbocycles. The summed E-state index contributed by atoms with van der Waals surface area (Å²) in [5.74, 6) is 3.81. The normalized spacial score (nSPS) is 11.6. The van der Waals surface area contributed by atoms with Crippen LogP contribution < -0.4 is 0 Å². The van der Waals surface area contributed by atoms with Gasteiger partial charge in [0.15, 0.2) is 0 Å². The van der Waals surface area contributed by atoms with Crippen molar-refractivity contribution in [2.45, 2.75) is 20.8 Å². The van der Waals surface area contributed by atoms with Crippen molar-refractivity contribution >= 4 is 84.4 Å². The Balaban J connectivity index is -0.0000000191. The van der Waals surface area contributed by atoms with Gasteiger partial charge in [-0.25, -0.2) is 0 Å². The van der Waals surface area contributed by atoms with Gasteiger partial charge in [-0.3, -0.25) is 0 Å². The monoisotopic (exact) mass is 1410 g/mol. The molecule has 0 amide bonds. The van der Waals surface area contributed by atoms with Crippen molar-refractivity contribution in [2.75, 3.05) is 42.9 Å². The van der Waals surface area contributed by atoms with Gasteiger partial charge in [0, 0.05) is 239 Å². The van der Waals surface area contributed by atoms with Crippen molar-refractivity contribution in [3.63, 3.8) is 0 Å². The van der Waals surface area contributed by atoms with Gasteiger partial charge in [-0.15, -0.1) is 65.5 Å². The van der Waals surface area contributed by atoms with Crippen LogP contribution in [0.25, 0.3) is 0 Å². The fourth-order valence-corrected chi connectivity index (χ4v) is 11.1. The maximum Gasteiger partial charge on any atom is 0.00628 e. The largest absolute Gasteiger partial charge is 0.117 e. The van der Waals surface area contributed by atoms with Gasteiger partial charge in [-0.05, 0) is 31.1 Å². The minimum absolute atomic E-state index is 0. The second kappa shape index (κ2) is 57.8. The van der Waals surface area contributed by atoms with Gasteiger partial charge in [0.1, 0.15) is 0 Å². The Kier molecular flexibility index (Phi) is 138. The van der Waals surface area contributed by atoms with E-state index in [1.54, 1.807) is 0 Å². The maximum atomic E-state index is 4.28. The van der Waals surface area contributed by atoms with E-state index in [9.17, 15) is 0 Å². The van der Waals surface area contributed by atoms with E-state index in [4.69, 9.17) is 0 Å². The van der Waals surface area contributed by atoms with Crippen molar-refractivity contribution in [1.29, 1.82) is 0 Å². The van der Waals surface area contributed by atoms with E-state index < -0.39 is 6.89 Å². The Morgan fingerprint density at radius 2 is 1.00 bits per heavy atom. The molecule has 0 aliphatic rings. The summed E-state index contributed by atoms with van der Waals surface area (Å²) in [6, 6.07) is 0. The second-order valence-corrected chi connectivity index (χ2v) is 18.6. The van der Waals surface area contributed by atoms with E-state index in [1.165, 1.54) is 60.8 Å². The van der Waals surface area contributed by atoms with Crippen molar-refractivity contribution in [3.05, 3.63) is 0 Å². The summed E-state index contributed by atoms with van der Waals surface area (Å²) in [5, 5.41) is 0. The van der Waals surface area contributed by atoms with Gasteiger partial charge in [-0.1, -0.05) is 39.7 Å². The van der Waals surface area contributed by atoms with Crippen molar-refractivity contribution in [3.8, 4) is 0 Å². The topological polar surface area (TPSA) is 0 Å². The molecule has 0 spiro atoms. The molecule has 0 aromatic heterocycles. The van der Waals surface area contributed by atoms with Crippen molar-refractivity contribution in [2.24, 2.45) is 0 Å². The molecule has 0 aromatic rings. The van der Waals surface area contributed by atoms with Crippen LogP contribution in [0.5, 0.6) is 0 Å². The van der Waals surface area contributed by atoms with Crippen LogP contribution in [-0.2, 0) is 227 Å². The average molecular weight is 1410 g/mol. The Bertz CT molecular complexity index is 417. The van der Waals surface area contributed by atoms with Crippen molar-refractivity contribution < 1.29 is 227 Å². The molecule has 165 valence electrons. The van der Waals surface area contributed by atoms with Crippen LogP contribution in [0.15, 0.2) is 0 Å². The van der Waals surface area contributed by atoms with Gasteiger partial charge in [0.25, 0.3) is 0 Å².